The van der Waals surface area contributed by atoms with Crippen LogP contribution in [0.1, 0.15) is 24.0 Å². The molecule has 9 heteroatoms. The average Bonchev–Trinajstić information content (AvgIpc) is 3.23. The van der Waals surface area contributed by atoms with E-state index in [0.29, 0.717) is 43.2 Å². The first-order valence-electron chi connectivity index (χ1n) is 10.6. The molecule has 2 aliphatic heterocycles. The van der Waals surface area contributed by atoms with E-state index in [-0.39, 0.29) is 11.8 Å². The van der Waals surface area contributed by atoms with Gasteiger partial charge in [-0.25, -0.2) is 8.42 Å². The second-order valence-corrected chi connectivity index (χ2v) is 12.9. The van der Waals surface area contributed by atoms with Crippen LogP contribution in [0.4, 0.5) is 5.69 Å². The van der Waals surface area contributed by atoms with Crippen molar-refractivity contribution in [3.63, 3.8) is 0 Å². The van der Waals surface area contributed by atoms with Crippen molar-refractivity contribution in [2.45, 2.75) is 30.9 Å². The zero-order chi connectivity index (χ0) is 22.2. The van der Waals surface area contributed by atoms with Crippen molar-refractivity contribution in [2.24, 2.45) is 5.92 Å². The van der Waals surface area contributed by atoms with Gasteiger partial charge in [-0.3, -0.25) is 4.79 Å². The maximum atomic E-state index is 13.1. The minimum Gasteiger partial charge on any atom is -0.368 e. The smallest absolute Gasteiger partial charge is 0.252 e. The number of sulfonamides is 1. The first-order valence-corrected chi connectivity index (χ1v) is 13.7. The second-order valence-electron chi connectivity index (χ2n) is 8.27. The van der Waals surface area contributed by atoms with Gasteiger partial charge in [-0.2, -0.15) is 4.31 Å². The molecule has 2 fully saturated rings. The van der Waals surface area contributed by atoms with Crippen LogP contribution in [-0.2, 0) is 14.8 Å². The molecule has 1 amide bonds. The predicted molar refractivity (Wildman–Crippen MR) is 128 cm³/mol. The number of halogens is 1. The van der Waals surface area contributed by atoms with E-state index < -0.39 is 10.0 Å². The minimum atomic E-state index is -3.47. The molecule has 0 N–H and O–H groups in total. The SMILES string of the molecule is Cc1cccc(N2CCN(C(=O)C3CCN(S(=O)(=O)c4ccc(Br)s4)CC3)CC2)c1C. The van der Waals surface area contributed by atoms with Crippen molar-refractivity contribution < 1.29 is 13.2 Å². The van der Waals surface area contributed by atoms with Gasteiger partial charge in [0.25, 0.3) is 10.0 Å². The Morgan fingerprint density at radius 1 is 1.00 bits per heavy atom. The van der Waals surface area contributed by atoms with E-state index in [0.717, 1.165) is 16.9 Å². The Bertz CT molecular complexity index is 1050. The standard InChI is InChI=1S/C22H28BrN3O3S2/c1-16-4-3-5-19(17(16)2)24-12-14-25(15-13-24)22(27)18-8-10-26(11-9-18)31(28,29)21-7-6-20(23)30-21/h3-7,18H,8-15H2,1-2H3. The molecule has 1 aromatic heterocycles. The fourth-order valence-electron chi connectivity index (χ4n) is 4.41. The Morgan fingerprint density at radius 3 is 2.29 bits per heavy atom. The summed E-state index contributed by atoms with van der Waals surface area (Å²) in [6.45, 7) is 8.17. The average molecular weight is 527 g/mol. The largest absolute Gasteiger partial charge is 0.368 e. The van der Waals surface area contributed by atoms with Gasteiger partial charge in [0.15, 0.2) is 0 Å². The molecule has 6 nitrogen and oxygen atoms in total. The molecule has 0 atom stereocenters. The molecule has 31 heavy (non-hydrogen) atoms. The highest BCUT2D eigenvalue weighted by Crippen LogP contribution is 2.31. The molecule has 0 saturated carbocycles. The lowest BCUT2D eigenvalue weighted by atomic mass is 9.96. The number of rotatable bonds is 4. The first kappa shape index (κ1) is 22.8. The molecular formula is C22H28BrN3O3S2. The molecule has 0 aliphatic carbocycles. The molecule has 3 heterocycles. The predicted octanol–water partition coefficient (Wildman–Crippen LogP) is 3.88. The molecule has 0 spiro atoms. The fourth-order valence-corrected chi connectivity index (χ4v) is 8.04. The van der Waals surface area contributed by atoms with Crippen molar-refractivity contribution in [3.05, 3.63) is 45.2 Å². The first-order chi connectivity index (χ1) is 14.8. The quantitative estimate of drug-likeness (QED) is 0.607. The van der Waals surface area contributed by atoms with Crippen molar-refractivity contribution in [1.82, 2.24) is 9.21 Å². The lowest BCUT2D eigenvalue weighted by Gasteiger charge is -2.39. The summed E-state index contributed by atoms with van der Waals surface area (Å²) in [4.78, 5) is 17.4. The fraction of sp³-hybridized carbons (Fsp3) is 0.500. The number of carbonyl (C=O) groups excluding carboxylic acids is 1. The maximum absolute atomic E-state index is 13.1. The molecule has 0 unspecified atom stereocenters. The Hall–Kier alpha value is -1.42. The van der Waals surface area contributed by atoms with Crippen LogP contribution in [0.25, 0.3) is 0 Å². The van der Waals surface area contributed by atoms with Crippen LogP contribution in [0.5, 0.6) is 0 Å². The number of nitrogens with zero attached hydrogens (tertiary/aromatic N) is 3. The Morgan fingerprint density at radius 2 is 1.68 bits per heavy atom. The van der Waals surface area contributed by atoms with Gasteiger partial charge in [0, 0.05) is 50.9 Å². The van der Waals surface area contributed by atoms with Gasteiger partial charge < -0.3 is 9.80 Å². The number of benzene rings is 1. The number of amides is 1. The normalized spacial score (nSPS) is 19.1. The molecular weight excluding hydrogens is 498 g/mol. The lowest BCUT2D eigenvalue weighted by molar-refractivity contribution is -0.137. The monoisotopic (exact) mass is 525 g/mol. The highest BCUT2D eigenvalue weighted by atomic mass is 79.9. The summed E-state index contributed by atoms with van der Waals surface area (Å²) in [5.74, 6) is 0.0882. The molecule has 168 valence electrons. The molecule has 0 radical (unpaired) electrons. The van der Waals surface area contributed by atoms with Crippen LogP contribution in [0, 0.1) is 19.8 Å². The van der Waals surface area contributed by atoms with Crippen LogP contribution in [-0.4, -0.2) is 62.8 Å². The van der Waals surface area contributed by atoms with E-state index >= 15 is 0 Å². The molecule has 0 bridgehead atoms. The number of piperidine rings is 1. The number of piperazine rings is 1. The maximum Gasteiger partial charge on any atom is 0.252 e. The third-order valence-corrected chi connectivity index (χ3v) is 10.4. The van der Waals surface area contributed by atoms with Crippen LogP contribution in [0.3, 0.4) is 0 Å². The Labute approximate surface area is 197 Å². The van der Waals surface area contributed by atoms with Crippen LogP contribution in [0.15, 0.2) is 38.3 Å². The van der Waals surface area contributed by atoms with E-state index in [1.165, 1.54) is 32.5 Å². The van der Waals surface area contributed by atoms with Gasteiger partial charge in [-0.15, -0.1) is 11.3 Å². The van der Waals surface area contributed by atoms with E-state index in [9.17, 15) is 13.2 Å². The Balaban J connectivity index is 1.32. The highest BCUT2D eigenvalue weighted by Gasteiger charge is 2.35. The molecule has 2 aromatic rings. The van der Waals surface area contributed by atoms with Crippen LogP contribution in [0.2, 0.25) is 0 Å². The topological polar surface area (TPSA) is 60.9 Å². The summed E-state index contributed by atoms with van der Waals surface area (Å²) < 4.78 is 28.3. The summed E-state index contributed by atoms with van der Waals surface area (Å²) in [6, 6.07) is 9.76. The van der Waals surface area contributed by atoms with E-state index in [4.69, 9.17) is 0 Å². The van der Waals surface area contributed by atoms with Gasteiger partial charge in [0.1, 0.15) is 4.21 Å². The summed E-state index contributed by atoms with van der Waals surface area (Å²) in [7, 11) is -3.47. The van der Waals surface area contributed by atoms with Crippen molar-refractivity contribution in [1.29, 1.82) is 0 Å². The number of carbonyl (C=O) groups is 1. The molecule has 1 aromatic carbocycles. The number of thiophene rings is 1. The third kappa shape index (κ3) is 4.69. The zero-order valence-corrected chi connectivity index (χ0v) is 21.1. The van der Waals surface area contributed by atoms with Gasteiger partial charge >= 0.3 is 0 Å². The minimum absolute atomic E-state index is 0.0891. The number of aryl methyl sites for hydroxylation is 1. The van der Waals surface area contributed by atoms with E-state index in [2.05, 4.69) is 52.9 Å². The number of anilines is 1. The van der Waals surface area contributed by atoms with Gasteiger partial charge in [0.05, 0.1) is 3.79 Å². The summed E-state index contributed by atoms with van der Waals surface area (Å²) in [5.41, 5.74) is 3.84. The van der Waals surface area contributed by atoms with Crippen LogP contribution >= 0.6 is 27.3 Å². The molecule has 2 aliphatic rings. The van der Waals surface area contributed by atoms with E-state index in [1.807, 2.05) is 4.90 Å². The zero-order valence-electron chi connectivity index (χ0n) is 17.9. The summed E-state index contributed by atoms with van der Waals surface area (Å²) >= 11 is 4.56. The van der Waals surface area contributed by atoms with Gasteiger partial charge in [0.2, 0.25) is 5.91 Å². The highest BCUT2D eigenvalue weighted by molar-refractivity contribution is 9.11. The van der Waals surface area contributed by atoms with Crippen molar-refractivity contribution in [2.75, 3.05) is 44.2 Å². The second kappa shape index (κ2) is 9.21. The van der Waals surface area contributed by atoms with E-state index in [1.54, 1.807) is 12.1 Å². The van der Waals surface area contributed by atoms with Gasteiger partial charge in [-0.05, 0) is 71.9 Å². The Kier molecular flexibility index (Phi) is 6.76. The van der Waals surface area contributed by atoms with Crippen molar-refractivity contribution in [3.8, 4) is 0 Å². The number of hydrogen-bond acceptors (Lipinski definition) is 5. The molecule has 2 saturated heterocycles. The summed E-state index contributed by atoms with van der Waals surface area (Å²) in [5, 5.41) is 0. The molecule has 4 rings (SSSR count). The lowest BCUT2D eigenvalue weighted by Crippen LogP contribution is -2.52. The van der Waals surface area contributed by atoms with Crippen molar-refractivity contribution >= 4 is 48.9 Å². The third-order valence-electron chi connectivity index (χ3n) is 6.45. The van der Waals surface area contributed by atoms with Gasteiger partial charge in [-0.1, -0.05) is 12.1 Å². The van der Waals surface area contributed by atoms with Crippen LogP contribution < -0.4 is 4.90 Å². The number of hydrogen-bond donors (Lipinski definition) is 0. The summed E-state index contributed by atoms with van der Waals surface area (Å²) in [6.07, 6.45) is 1.17.